The minimum Gasteiger partial charge on any atom is -0.494 e. The standard InChI is InChI=1S/C17H27NO2/c1-4-20-17-7-5-15(6-8-17)13(2)18-14(3)16-9-11-19-12-10-16/h5-8,13-14,16,18H,4,9-12H2,1-3H3. The van der Waals surface area contributed by atoms with Gasteiger partial charge in [-0.05, 0) is 57.2 Å². The van der Waals surface area contributed by atoms with Gasteiger partial charge in [0.05, 0.1) is 6.61 Å². The molecule has 0 aliphatic carbocycles. The number of rotatable bonds is 6. The fraction of sp³-hybridized carbons (Fsp3) is 0.647. The Balaban J connectivity index is 1.88. The number of hydrogen-bond donors (Lipinski definition) is 1. The zero-order chi connectivity index (χ0) is 14.4. The van der Waals surface area contributed by atoms with Gasteiger partial charge in [0.2, 0.25) is 0 Å². The molecule has 20 heavy (non-hydrogen) atoms. The van der Waals surface area contributed by atoms with Crippen LogP contribution >= 0.6 is 0 Å². The SMILES string of the molecule is CCOc1ccc(C(C)NC(C)C2CCOCC2)cc1. The van der Waals surface area contributed by atoms with Crippen molar-refractivity contribution in [3.05, 3.63) is 29.8 Å². The summed E-state index contributed by atoms with van der Waals surface area (Å²) in [4.78, 5) is 0. The maximum Gasteiger partial charge on any atom is 0.119 e. The summed E-state index contributed by atoms with van der Waals surface area (Å²) in [5.74, 6) is 1.68. The number of benzene rings is 1. The molecule has 1 aliphatic heterocycles. The lowest BCUT2D eigenvalue weighted by atomic mass is 9.92. The highest BCUT2D eigenvalue weighted by Gasteiger charge is 2.21. The topological polar surface area (TPSA) is 30.5 Å². The largest absolute Gasteiger partial charge is 0.494 e. The van der Waals surface area contributed by atoms with Crippen molar-refractivity contribution in [2.45, 2.75) is 45.7 Å². The van der Waals surface area contributed by atoms with Crippen molar-refractivity contribution in [3.8, 4) is 5.75 Å². The highest BCUT2D eigenvalue weighted by molar-refractivity contribution is 5.29. The highest BCUT2D eigenvalue weighted by atomic mass is 16.5. The quantitative estimate of drug-likeness (QED) is 0.862. The van der Waals surface area contributed by atoms with E-state index in [-0.39, 0.29) is 0 Å². The van der Waals surface area contributed by atoms with Gasteiger partial charge in [0.1, 0.15) is 5.75 Å². The predicted molar refractivity (Wildman–Crippen MR) is 82.2 cm³/mol. The fourth-order valence-electron chi connectivity index (χ4n) is 2.86. The second-order valence-electron chi connectivity index (χ2n) is 5.63. The molecular formula is C17H27NO2. The Morgan fingerprint density at radius 3 is 2.45 bits per heavy atom. The lowest BCUT2D eigenvalue weighted by Gasteiger charge is -2.30. The van der Waals surface area contributed by atoms with E-state index in [0.717, 1.165) is 24.9 Å². The molecule has 3 nitrogen and oxygen atoms in total. The van der Waals surface area contributed by atoms with Crippen LogP contribution in [0.25, 0.3) is 0 Å². The van der Waals surface area contributed by atoms with E-state index in [1.165, 1.54) is 18.4 Å². The van der Waals surface area contributed by atoms with Gasteiger partial charge < -0.3 is 14.8 Å². The summed E-state index contributed by atoms with van der Waals surface area (Å²) in [6.45, 7) is 9.07. The first-order valence-electron chi connectivity index (χ1n) is 7.77. The third-order valence-corrected chi connectivity index (χ3v) is 4.18. The van der Waals surface area contributed by atoms with Crippen LogP contribution in [-0.2, 0) is 4.74 Å². The maximum absolute atomic E-state index is 5.48. The lowest BCUT2D eigenvalue weighted by molar-refractivity contribution is 0.0547. The van der Waals surface area contributed by atoms with Crippen LogP contribution in [0.4, 0.5) is 0 Å². The molecule has 0 spiro atoms. The number of ether oxygens (including phenoxy) is 2. The average molecular weight is 277 g/mol. The Labute approximate surface area is 122 Å². The zero-order valence-electron chi connectivity index (χ0n) is 12.9. The van der Waals surface area contributed by atoms with E-state index in [1.807, 2.05) is 6.92 Å². The van der Waals surface area contributed by atoms with Crippen molar-refractivity contribution in [3.63, 3.8) is 0 Å². The van der Waals surface area contributed by atoms with Gasteiger partial charge in [-0.15, -0.1) is 0 Å². The smallest absolute Gasteiger partial charge is 0.119 e. The van der Waals surface area contributed by atoms with E-state index < -0.39 is 0 Å². The third-order valence-electron chi connectivity index (χ3n) is 4.18. The van der Waals surface area contributed by atoms with Crippen molar-refractivity contribution in [1.29, 1.82) is 0 Å². The molecule has 1 saturated heterocycles. The van der Waals surface area contributed by atoms with Gasteiger partial charge in [0, 0.05) is 25.3 Å². The molecule has 2 atom stereocenters. The van der Waals surface area contributed by atoms with E-state index in [4.69, 9.17) is 9.47 Å². The van der Waals surface area contributed by atoms with Crippen molar-refractivity contribution >= 4 is 0 Å². The first-order valence-corrected chi connectivity index (χ1v) is 7.77. The van der Waals surface area contributed by atoms with Gasteiger partial charge in [0.15, 0.2) is 0 Å². The zero-order valence-corrected chi connectivity index (χ0v) is 12.9. The minimum absolute atomic E-state index is 0.364. The Hall–Kier alpha value is -1.06. The van der Waals surface area contributed by atoms with Crippen LogP contribution in [0.1, 0.15) is 45.2 Å². The van der Waals surface area contributed by atoms with Gasteiger partial charge in [-0.1, -0.05) is 12.1 Å². The molecular weight excluding hydrogens is 250 g/mol. The summed E-state index contributed by atoms with van der Waals surface area (Å²) in [7, 11) is 0. The van der Waals surface area contributed by atoms with Crippen LogP contribution in [0.3, 0.4) is 0 Å². The molecule has 2 unspecified atom stereocenters. The van der Waals surface area contributed by atoms with E-state index in [1.54, 1.807) is 0 Å². The Bertz CT molecular complexity index is 384. The predicted octanol–water partition coefficient (Wildman–Crippen LogP) is 3.55. The summed E-state index contributed by atoms with van der Waals surface area (Å²) in [6.07, 6.45) is 2.34. The molecule has 1 aliphatic rings. The summed E-state index contributed by atoms with van der Waals surface area (Å²) in [5, 5.41) is 3.72. The fourth-order valence-corrected chi connectivity index (χ4v) is 2.86. The lowest BCUT2D eigenvalue weighted by Crippen LogP contribution is -2.38. The Morgan fingerprint density at radius 2 is 1.85 bits per heavy atom. The number of nitrogens with one attached hydrogen (secondary N) is 1. The monoisotopic (exact) mass is 277 g/mol. The maximum atomic E-state index is 5.48. The molecule has 1 aromatic rings. The summed E-state index contributed by atoms with van der Waals surface area (Å²) in [5.41, 5.74) is 1.31. The molecule has 0 bridgehead atoms. The van der Waals surface area contributed by atoms with Gasteiger partial charge in [0.25, 0.3) is 0 Å². The molecule has 1 aromatic carbocycles. The van der Waals surface area contributed by atoms with Crippen LogP contribution < -0.4 is 10.1 Å². The molecule has 3 heteroatoms. The molecule has 0 amide bonds. The molecule has 1 heterocycles. The van der Waals surface area contributed by atoms with Crippen LogP contribution in [0, 0.1) is 5.92 Å². The molecule has 1 N–H and O–H groups in total. The summed E-state index contributed by atoms with van der Waals surface area (Å²) < 4.78 is 10.9. The first-order chi connectivity index (χ1) is 9.70. The van der Waals surface area contributed by atoms with Crippen LogP contribution in [0.2, 0.25) is 0 Å². The first kappa shape index (κ1) is 15.3. The Morgan fingerprint density at radius 1 is 1.20 bits per heavy atom. The van der Waals surface area contributed by atoms with Gasteiger partial charge >= 0.3 is 0 Å². The average Bonchev–Trinajstić information content (AvgIpc) is 2.49. The molecule has 0 radical (unpaired) electrons. The molecule has 112 valence electrons. The Kier molecular flexibility index (Phi) is 5.86. The third kappa shape index (κ3) is 4.22. The van der Waals surface area contributed by atoms with Crippen LogP contribution in [-0.4, -0.2) is 25.9 Å². The summed E-state index contributed by atoms with van der Waals surface area (Å²) in [6, 6.07) is 9.30. The van der Waals surface area contributed by atoms with Gasteiger partial charge in [-0.25, -0.2) is 0 Å². The van der Waals surface area contributed by atoms with E-state index in [0.29, 0.717) is 18.7 Å². The second kappa shape index (κ2) is 7.65. The molecule has 1 fully saturated rings. The van der Waals surface area contributed by atoms with Crippen molar-refractivity contribution < 1.29 is 9.47 Å². The van der Waals surface area contributed by atoms with E-state index >= 15 is 0 Å². The number of hydrogen-bond acceptors (Lipinski definition) is 3. The van der Waals surface area contributed by atoms with Crippen molar-refractivity contribution in [2.75, 3.05) is 19.8 Å². The normalized spacial score (nSPS) is 19.6. The van der Waals surface area contributed by atoms with Gasteiger partial charge in [-0.3, -0.25) is 0 Å². The molecule has 0 saturated carbocycles. The van der Waals surface area contributed by atoms with Crippen LogP contribution in [0.15, 0.2) is 24.3 Å². The van der Waals surface area contributed by atoms with Crippen molar-refractivity contribution in [1.82, 2.24) is 5.32 Å². The highest BCUT2D eigenvalue weighted by Crippen LogP contribution is 2.23. The van der Waals surface area contributed by atoms with Gasteiger partial charge in [-0.2, -0.15) is 0 Å². The van der Waals surface area contributed by atoms with E-state index in [9.17, 15) is 0 Å². The van der Waals surface area contributed by atoms with E-state index in [2.05, 4.69) is 43.4 Å². The van der Waals surface area contributed by atoms with Crippen molar-refractivity contribution in [2.24, 2.45) is 5.92 Å². The van der Waals surface area contributed by atoms with Crippen LogP contribution in [0.5, 0.6) is 5.75 Å². The molecule has 0 aromatic heterocycles. The molecule has 2 rings (SSSR count). The second-order valence-corrected chi connectivity index (χ2v) is 5.63. The summed E-state index contributed by atoms with van der Waals surface area (Å²) >= 11 is 0. The minimum atomic E-state index is 0.364.